The van der Waals surface area contributed by atoms with Crippen LogP contribution in [0.25, 0.3) is 0 Å². The Kier molecular flexibility index (Phi) is 5.96. The summed E-state index contributed by atoms with van der Waals surface area (Å²) < 4.78 is 10.5. The molecule has 1 fully saturated rings. The summed E-state index contributed by atoms with van der Waals surface area (Å²) in [5.41, 5.74) is 1.76. The van der Waals surface area contributed by atoms with Crippen molar-refractivity contribution < 1.29 is 19.1 Å². The summed E-state index contributed by atoms with van der Waals surface area (Å²) in [4.78, 5) is 27.0. The average Bonchev–Trinajstić information content (AvgIpc) is 2.72. The number of piperazine rings is 1. The van der Waals surface area contributed by atoms with Crippen LogP contribution in [0.5, 0.6) is 11.5 Å². The number of amides is 2. The van der Waals surface area contributed by atoms with E-state index in [1.807, 2.05) is 36.4 Å². The minimum atomic E-state index is -0.616. The number of ether oxygens (including phenoxy) is 2. The molecule has 1 aliphatic heterocycles. The first-order valence-electron chi connectivity index (χ1n) is 8.97. The number of hydrogen-bond donors (Lipinski definition) is 1. The minimum Gasteiger partial charge on any atom is -0.497 e. The van der Waals surface area contributed by atoms with Crippen molar-refractivity contribution in [2.75, 3.05) is 27.3 Å². The van der Waals surface area contributed by atoms with Crippen molar-refractivity contribution in [1.29, 1.82) is 0 Å². The molecule has 2 amide bonds. The van der Waals surface area contributed by atoms with E-state index < -0.39 is 6.04 Å². The minimum absolute atomic E-state index is 0.0448. The van der Waals surface area contributed by atoms with Crippen LogP contribution < -0.4 is 14.8 Å². The third kappa shape index (κ3) is 4.22. The molecule has 3 rings (SSSR count). The third-order valence-electron chi connectivity index (χ3n) is 4.76. The highest BCUT2D eigenvalue weighted by Crippen LogP contribution is 2.27. The molecule has 2 aromatic rings. The summed E-state index contributed by atoms with van der Waals surface area (Å²) in [6.07, 6.45) is 0.886. The van der Waals surface area contributed by atoms with Crippen LogP contribution >= 0.6 is 0 Å². The lowest BCUT2D eigenvalue weighted by Gasteiger charge is -2.35. The molecule has 0 bridgehead atoms. The Bertz CT molecular complexity index is 804. The molecule has 1 N–H and O–H groups in total. The quantitative estimate of drug-likeness (QED) is 0.850. The number of methoxy groups -OCH3 is 2. The number of para-hydroxylation sites is 1. The van der Waals surface area contributed by atoms with Gasteiger partial charge < -0.3 is 19.7 Å². The maximum atomic E-state index is 12.9. The van der Waals surface area contributed by atoms with E-state index >= 15 is 0 Å². The Balaban J connectivity index is 1.75. The van der Waals surface area contributed by atoms with Gasteiger partial charge in [-0.25, -0.2) is 0 Å². The summed E-state index contributed by atoms with van der Waals surface area (Å²) in [7, 11) is 3.21. The number of carbonyl (C=O) groups is 2. The zero-order valence-electron chi connectivity index (χ0n) is 15.6. The maximum Gasteiger partial charge on any atom is 0.247 e. The molecule has 6 nitrogen and oxygen atoms in total. The molecule has 1 heterocycles. The van der Waals surface area contributed by atoms with Crippen LogP contribution in [0, 0.1) is 0 Å². The smallest absolute Gasteiger partial charge is 0.247 e. The Morgan fingerprint density at radius 1 is 1.11 bits per heavy atom. The van der Waals surface area contributed by atoms with Gasteiger partial charge in [-0.3, -0.25) is 9.59 Å². The van der Waals surface area contributed by atoms with Gasteiger partial charge in [0.1, 0.15) is 17.5 Å². The normalized spacial score (nSPS) is 16.6. The zero-order chi connectivity index (χ0) is 19.2. The van der Waals surface area contributed by atoms with Gasteiger partial charge in [0, 0.05) is 19.5 Å². The molecular weight excluding hydrogens is 344 g/mol. The van der Waals surface area contributed by atoms with E-state index in [-0.39, 0.29) is 11.8 Å². The van der Waals surface area contributed by atoms with Crippen molar-refractivity contribution in [3.05, 3.63) is 59.7 Å². The van der Waals surface area contributed by atoms with Gasteiger partial charge in [-0.1, -0.05) is 30.3 Å². The van der Waals surface area contributed by atoms with Crippen molar-refractivity contribution in [2.24, 2.45) is 0 Å². The van der Waals surface area contributed by atoms with Crippen LogP contribution in [-0.2, 0) is 16.0 Å². The lowest BCUT2D eigenvalue weighted by molar-refractivity contribution is -0.143. The second-order valence-corrected chi connectivity index (χ2v) is 6.37. The van der Waals surface area contributed by atoms with Gasteiger partial charge in [0.05, 0.1) is 14.2 Å². The molecule has 0 radical (unpaired) electrons. The number of benzene rings is 2. The highest BCUT2D eigenvalue weighted by Gasteiger charge is 2.34. The molecule has 142 valence electrons. The largest absolute Gasteiger partial charge is 0.497 e. The van der Waals surface area contributed by atoms with E-state index in [1.54, 1.807) is 31.3 Å². The van der Waals surface area contributed by atoms with Gasteiger partial charge in [0.25, 0.3) is 0 Å². The van der Waals surface area contributed by atoms with Crippen LogP contribution in [0.4, 0.5) is 0 Å². The van der Waals surface area contributed by atoms with E-state index in [4.69, 9.17) is 9.47 Å². The predicted molar refractivity (Wildman–Crippen MR) is 102 cm³/mol. The SMILES string of the molecule is COc1ccc(C2C(=O)NCCN2C(=O)CCc2ccccc2OC)cc1. The van der Waals surface area contributed by atoms with Crippen LogP contribution in [-0.4, -0.2) is 44.0 Å². The highest BCUT2D eigenvalue weighted by molar-refractivity contribution is 5.90. The van der Waals surface area contributed by atoms with Crippen molar-refractivity contribution in [3.8, 4) is 11.5 Å². The topological polar surface area (TPSA) is 67.9 Å². The second kappa shape index (κ2) is 8.58. The van der Waals surface area contributed by atoms with Crippen molar-refractivity contribution in [3.63, 3.8) is 0 Å². The van der Waals surface area contributed by atoms with Crippen LogP contribution in [0.3, 0.4) is 0 Å². The van der Waals surface area contributed by atoms with Gasteiger partial charge in [-0.05, 0) is 35.7 Å². The lowest BCUT2D eigenvalue weighted by Crippen LogP contribution is -2.52. The summed E-state index contributed by atoms with van der Waals surface area (Å²) in [6.45, 7) is 0.957. The molecule has 0 saturated carbocycles. The van der Waals surface area contributed by atoms with Crippen molar-refractivity contribution in [2.45, 2.75) is 18.9 Å². The van der Waals surface area contributed by atoms with Gasteiger partial charge >= 0.3 is 0 Å². The number of carbonyl (C=O) groups excluding carboxylic acids is 2. The zero-order valence-corrected chi connectivity index (χ0v) is 15.6. The Morgan fingerprint density at radius 2 is 1.85 bits per heavy atom. The Labute approximate surface area is 159 Å². The maximum absolute atomic E-state index is 12.9. The van der Waals surface area contributed by atoms with Gasteiger partial charge in [0.15, 0.2) is 0 Å². The summed E-state index contributed by atoms with van der Waals surface area (Å²) in [6, 6.07) is 14.3. The Hall–Kier alpha value is -3.02. The summed E-state index contributed by atoms with van der Waals surface area (Å²) in [5, 5.41) is 2.85. The first-order chi connectivity index (χ1) is 13.1. The van der Waals surface area contributed by atoms with Crippen molar-refractivity contribution >= 4 is 11.8 Å². The van der Waals surface area contributed by atoms with Gasteiger partial charge in [0.2, 0.25) is 11.8 Å². The number of nitrogens with zero attached hydrogens (tertiary/aromatic N) is 1. The molecule has 1 aliphatic rings. The van der Waals surface area contributed by atoms with E-state index in [9.17, 15) is 9.59 Å². The molecule has 0 spiro atoms. The molecular formula is C21H24N2O4. The fourth-order valence-corrected chi connectivity index (χ4v) is 3.35. The predicted octanol–water partition coefficient (Wildman–Crippen LogP) is 2.34. The van der Waals surface area contributed by atoms with Crippen LogP contribution in [0.15, 0.2) is 48.5 Å². The summed E-state index contributed by atoms with van der Waals surface area (Å²) >= 11 is 0. The first-order valence-corrected chi connectivity index (χ1v) is 8.97. The molecule has 6 heteroatoms. The van der Waals surface area contributed by atoms with E-state index in [1.165, 1.54) is 0 Å². The molecule has 0 aromatic heterocycles. The standard InChI is InChI=1S/C21H24N2O4/c1-26-17-10-7-16(8-11-17)20-21(25)22-13-14-23(20)19(24)12-9-15-5-3-4-6-18(15)27-2/h3-8,10-11,20H,9,12-14H2,1-2H3,(H,22,25). The van der Waals surface area contributed by atoms with Crippen LogP contribution in [0.2, 0.25) is 0 Å². The highest BCUT2D eigenvalue weighted by atomic mass is 16.5. The number of hydrogen-bond acceptors (Lipinski definition) is 4. The fraction of sp³-hybridized carbons (Fsp3) is 0.333. The van der Waals surface area contributed by atoms with Crippen LogP contribution in [0.1, 0.15) is 23.6 Å². The average molecular weight is 368 g/mol. The molecule has 2 aromatic carbocycles. The van der Waals surface area contributed by atoms with E-state index in [2.05, 4.69) is 5.32 Å². The second-order valence-electron chi connectivity index (χ2n) is 6.37. The number of nitrogens with one attached hydrogen (secondary N) is 1. The van der Waals surface area contributed by atoms with Gasteiger partial charge in [-0.15, -0.1) is 0 Å². The van der Waals surface area contributed by atoms with Crippen molar-refractivity contribution in [1.82, 2.24) is 10.2 Å². The Morgan fingerprint density at radius 3 is 2.56 bits per heavy atom. The van der Waals surface area contributed by atoms with Gasteiger partial charge in [-0.2, -0.15) is 0 Å². The molecule has 0 aliphatic carbocycles. The lowest BCUT2D eigenvalue weighted by atomic mass is 10.0. The first kappa shape index (κ1) is 18.8. The monoisotopic (exact) mass is 368 g/mol. The number of aryl methyl sites for hydroxylation is 1. The third-order valence-corrected chi connectivity index (χ3v) is 4.76. The fourth-order valence-electron chi connectivity index (χ4n) is 3.35. The number of rotatable bonds is 6. The molecule has 27 heavy (non-hydrogen) atoms. The molecule has 1 saturated heterocycles. The molecule has 1 unspecified atom stereocenters. The van der Waals surface area contributed by atoms with E-state index in [0.29, 0.717) is 31.7 Å². The summed E-state index contributed by atoms with van der Waals surface area (Å²) in [5.74, 6) is 1.28. The van der Waals surface area contributed by atoms with E-state index in [0.717, 1.165) is 16.9 Å². The molecule has 1 atom stereocenters.